The zero-order valence-corrected chi connectivity index (χ0v) is 15.2. The maximum absolute atomic E-state index is 12.0. The van der Waals surface area contributed by atoms with Crippen LogP contribution in [0.25, 0.3) is 0 Å². The van der Waals surface area contributed by atoms with Crippen LogP contribution in [0.4, 0.5) is 11.4 Å². The van der Waals surface area contributed by atoms with Crippen molar-refractivity contribution in [1.82, 2.24) is 0 Å². The van der Waals surface area contributed by atoms with Crippen LogP contribution in [-0.2, 0) is 9.59 Å². The fourth-order valence-corrected chi connectivity index (χ4v) is 2.95. The number of anilines is 2. The molecule has 0 aromatic heterocycles. The van der Waals surface area contributed by atoms with E-state index in [1.807, 2.05) is 24.3 Å². The number of ether oxygens (including phenoxy) is 1. The molecule has 6 heteroatoms. The molecule has 0 aliphatic carbocycles. The average Bonchev–Trinajstić information content (AvgIpc) is 3.07. The Kier molecular flexibility index (Phi) is 6.12. The predicted octanol–water partition coefficient (Wildman–Crippen LogP) is 4.26. The van der Waals surface area contributed by atoms with Crippen molar-refractivity contribution in [3.05, 3.63) is 53.6 Å². The van der Waals surface area contributed by atoms with Crippen molar-refractivity contribution < 1.29 is 14.3 Å². The van der Waals surface area contributed by atoms with Gasteiger partial charge in [0.05, 0.1) is 6.61 Å². The summed E-state index contributed by atoms with van der Waals surface area (Å²) in [6, 6.07) is 14.5. The van der Waals surface area contributed by atoms with Crippen LogP contribution in [-0.4, -0.2) is 25.0 Å². The van der Waals surface area contributed by atoms with E-state index in [1.165, 1.54) is 0 Å². The van der Waals surface area contributed by atoms with Crippen molar-refractivity contribution in [2.75, 3.05) is 23.4 Å². The third kappa shape index (κ3) is 4.99. The number of hydrogen-bond acceptors (Lipinski definition) is 3. The van der Waals surface area contributed by atoms with E-state index in [0.29, 0.717) is 30.9 Å². The molecule has 2 aromatic rings. The largest absolute Gasteiger partial charge is 0.494 e. The zero-order valence-electron chi connectivity index (χ0n) is 14.4. The molecule has 1 aliphatic heterocycles. The first kappa shape index (κ1) is 18.3. The molecule has 1 fully saturated rings. The minimum atomic E-state index is -0.0605. The zero-order chi connectivity index (χ0) is 18.4. The van der Waals surface area contributed by atoms with E-state index < -0.39 is 0 Å². The Labute approximate surface area is 157 Å². The molecule has 136 valence electrons. The first-order chi connectivity index (χ1) is 12.6. The number of nitrogens with zero attached hydrogens (tertiary/aromatic N) is 1. The van der Waals surface area contributed by atoms with Crippen LogP contribution < -0.4 is 15.0 Å². The van der Waals surface area contributed by atoms with Gasteiger partial charge in [-0.2, -0.15) is 0 Å². The fraction of sp³-hybridized carbons (Fsp3) is 0.300. The van der Waals surface area contributed by atoms with Gasteiger partial charge in [0.2, 0.25) is 11.8 Å². The summed E-state index contributed by atoms with van der Waals surface area (Å²) in [5, 5.41) is 3.53. The minimum Gasteiger partial charge on any atom is -0.494 e. The Morgan fingerprint density at radius 3 is 2.50 bits per heavy atom. The molecular weight excluding hydrogens is 352 g/mol. The van der Waals surface area contributed by atoms with Gasteiger partial charge in [0.25, 0.3) is 0 Å². The molecule has 1 heterocycles. The monoisotopic (exact) mass is 372 g/mol. The van der Waals surface area contributed by atoms with E-state index in [1.54, 1.807) is 29.2 Å². The predicted molar refractivity (Wildman–Crippen MR) is 103 cm³/mol. The van der Waals surface area contributed by atoms with Crippen molar-refractivity contribution in [2.24, 2.45) is 0 Å². The fourth-order valence-electron chi connectivity index (χ4n) is 2.82. The smallest absolute Gasteiger partial charge is 0.227 e. The van der Waals surface area contributed by atoms with Gasteiger partial charge in [-0.25, -0.2) is 0 Å². The molecule has 0 bridgehead atoms. The van der Waals surface area contributed by atoms with E-state index in [0.717, 1.165) is 30.1 Å². The Hall–Kier alpha value is -2.53. The lowest BCUT2D eigenvalue weighted by Gasteiger charge is -2.16. The number of nitrogens with one attached hydrogen (secondary N) is 1. The lowest BCUT2D eigenvalue weighted by molar-refractivity contribution is -0.117. The van der Waals surface area contributed by atoms with Gasteiger partial charge < -0.3 is 15.0 Å². The van der Waals surface area contributed by atoms with Crippen molar-refractivity contribution >= 4 is 34.8 Å². The summed E-state index contributed by atoms with van der Waals surface area (Å²) < 4.78 is 5.57. The van der Waals surface area contributed by atoms with Crippen molar-refractivity contribution in [2.45, 2.75) is 25.7 Å². The third-order valence-electron chi connectivity index (χ3n) is 4.17. The van der Waals surface area contributed by atoms with Crippen LogP contribution in [0.2, 0.25) is 5.02 Å². The molecule has 0 radical (unpaired) electrons. The van der Waals surface area contributed by atoms with Gasteiger partial charge >= 0.3 is 0 Å². The standard InChI is InChI=1S/C20H21ClN2O3/c21-15-5-11-18(12-6-15)26-14-2-3-19(24)22-16-7-9-17(10-8-16)23-13-1-4-20(23)25/h5-12H,1-4,13-14H2,(H,22,24). The molecule has 5 nitrogen and oxygen atoms in total. The van der Waals surface area contributed by atoms with Gasteiger partial charge in [0, 0.05) is 35.8 Å². The number of hydrogen-bond donors (Lipinski definition) is 1. The number of benzene rings is 2. The highest BCUT2D eigenvalue weighted by atomic mass is 35.5. The van der Waals surface area contributed by atoms with Crippen LogP contribution >= 0.6 is 11.6 Å². The van der Waals surface area contributed by atoms with Gasteiger partial charge in [-0.05, 0) is 61.4 Å². The van der Waals surface area contributed by atoms with E-state index in [9.17, 15) is 9.59 Å². The van der Waals surface area contributed by atoms with E-state index in [4.69, 9.17) is 16.3 Å². The van der Waals surface area contributed by atoms with Gasteiger partial charge in [0.15, 0.2) is 0 Å². The molecule has 26 heavy (non-hydrogen) atoms. The molecular formula is C20H21ClN2O3. The average molecular weight is 373 g/mol. The second-order valence-electron chi connectivity index (χ2n) is 6.15. The molecule has 3 rings (SSSR count). The molecule has 1 N–H and O–H groups in total. The molecule has 0 atom stereocenters. The highest BCUT2D eigenvalue weighted by Crippen LogP contribution is 2.23. The highest BCUT2D eigenvalue weighted by Gasteiger charge is 2.21. The van der Waals surface area contributed by atoms with E-state index >= 15 is 0 Å². The molecule has 2 aromatic carbocycles. The number of carbonyl (C=O) groups is 2. The molecule has 0 unspecified atom stereocenters. The third-order valence-corrected chi connectivity index (χ3v) is 4.42. The lowest BCUT2D eigenvalue weighted by Crippen LogP contribution is -2.23. The number of halogens is 1. The topological polar surface area (TPSA) is 58.6 Å². The number of amides is 2. The summed E-state index contributed by atoms with van der Waals surface area (Å²) in [7, 11) is 0. The maximum atomic E-state index is 12.0. The van der Waals surface area contributed by atoms with Gasteiger partial charge in [0.1, 0.15) is 5.75 Å². The van der Waals surface area contributed by atoms with Crippen LogP contribution in [0.15, 0.2) is 48.5 Å². The van der Waals surface area contributed by atoms with Crippen molar-refractivity contribution in [3.63, 3.8) is 0 Å². The Morgan fingerprint density at radius 2 is 1.85 bits per heavy atom. The van der Waals surface area contributed by atoms with Crippen molar-refractivity contribution in [3.8, 4) is 5.75 Å². The second kappa shape index (κ2) is 8.72. The molecule has 1 saturated heterocycles. The SMILES string of the molecule is O=C(CCCOc1ccc(Cl)cc1)Nc1ccc(N2CCCC2=O)cc1. The molecule has 1 aliphatic rings. The lowest BCUT2D eigenvalue weighted by atomic mass is 10.2. The number of rotatable bonds is 7. The van der Waals surface area contributed by atoms with Crippen molar-refractivity contribution in [1.29, 1.82) is 0 Å². The summed E-state index contributed by atoms with van der Waals surface area (Å²) in [6.07, 6.45) is 2.50. The molecule has 0 spiro atoms. The van der Waals surface area contributed by atoms with Crippen LogP contribution in [0, 0.1) is 0 Å². The van der Waals surface area contributed by atoms with Gasteiger partial charge in [-0.3, -0.25) is 9.59 Å². The summed E-state index contributed by atoms with van der Waals surface area (Å²) in [4.78, 5) is 25.5. The number of carbonyl (C=O) groups excluding carboxylic acids is 2. The first-order valence-electron chi connectivity index (χ1n) is 8.70. The normalized spacial score (nSPS) is 13.7. The molecule has 0 saturated carbocycles. The summed E-state index contributed by atoms with van der Waals surface area (Å²) in [6.45, 7) is 1.23. The Morgan fingerprint density at radius 1 is 1.12 bits per heavy atom. The molecule has 2 amide bonds. The quantitative estimate of drug-likeness (QED) is 0.738. The Balaban J connectivity index is 1.40. The Bertz CT molecular complexity index is 760. The summed E-state index contributed by atoms with van der Waals surface area (Å²) >= 11 is 5.82. The summed E-state index contributed by atoms with van der Waals surface area (Å²) in [5.41, 5.74) is 1.60. The highest BCUT2D eigenvalue weighted by molar-refractivity contribution is 6.30. The minimum absolute atomic E-state index is 0.0605. The first-order valence-corrected chi connectivity index (χ1v) is 9.08. The van der Waals surface area contributed by atoms with Crippen LogP contribution in [0.5, 0.6) is 5.75 Å². The van der Waals surface area contributed by atoms with Crippen LogP contribution in [0.3, 0.4) is 0 Å². The van der Waals surface area contributed by atoms with Crippen LogP contribution in [0.1, 0.15) is 25.7 Å². The van der Waals surface area contributed by atoms with E-state index in [-0.39, 0.29) is 11.8 Å². The van der Waals surface area contributed by atoms with E-state index in [2.05, 4.69) is 5.32 Å². The second-order valence-corrected chi connectivity index (χ2v) is 6.59. The maximum Gasteiger partial charge on any atom is 0.227 e. The van der Waals surface area contributed by atoms with Gasteiger partial charge in [-0.1, -0.05) is 11.6 Å². The van der Waals surface area contributed by atoms with Gasteiger partial charge in [-0.15, -0.1) is 0 Å². The summed E-state index contributed by atoms with van der Waals surface area (Å²) in [5.74, 6) is 0.832.